The molecule has 0 atom stereocenters. The van der Waals surface area contributed by atoms with Gasteiger partial charge in [-0.15, -0.1) is 0 Å². The van der Waals surface area contributed by atoms with Crippen molar-refractivity contribution in [2.45, 2.75) is 6.54 Å². The average Bonchev–Trinajstić information content (AvgIpc) is 3.14. The number of likely N-dealkylation sites (N-methyl/N-ethyl adjacent to an activating group) is 1. The summed E-state index contributed by atoms with van der Waals surface area (Å²) in [5.41, 5.74) is 1.80. The molecule has 3 aromatic rings. The predicted molar refractivity (Wildman–Crippen MR) is 100 cm³/mol. The standard InChI is InChI=1S/C19H23N5O2/c1-23(2)9-10-24-8-7-20-19(24)14-5-6-17(26-4)16(11-14)18-21-12-15(25-3)13-22-18/h5-8,11-13H,9-10H2,1-4H3. The predicted octanol–water partition coefficient (Wildman–Crippen LogP) is 2.59. The molecular formula is C19H23N5O2. The Morgan fingerprint density at radius 2 is 1.81 bits per heavy atom. The third-order valence-corrected chi connectivity index (χ3v) is 4.07. The lowest BCUT2D eigenvalue weighted by Gasteiger charge is -2.14. The minimum absolute atomic E-state index is 0.580. The summed E-state index contributed by atoms with van der Waals surface area (Å²) >= 11 is 0. The van der Waals surface area contributed by atoms with Gasteiger partial charge in [-0.05, 0) is 32.3 Å². The van der Waals surface area contributed by atoms with Crippen LogP contribution in [0.5, 0.6) is 11.5 Å². The summed E-state index contributed by atoms with van der Waals surface area (Å²) in [5.74, 6) is 2.81. The van der Waals surface area contributed by atoms with Gasteiger partial charge in [-0.2, -0.15) is 0 Å². The van der Waals surface area contributed by atoms with E-state index in [-0.39, 0.29) is 0 Å². The van der Waals surface area contributed by atoms with E-state index in [0.717, 1.165) is 30.0 Å². The van der Waals surface area contributed by atoms with E-state index in [1.807, 2.05) is 30.6 Å². The summed E-state index contributed by atoms with van der Waals surface area (Å²) in [6.07, 6.45) is 7.10. The van der Waals surface area contributed by atoms with Crippen LogP contribution in [0.4, 0.5) is 0 Å². The Bertz CT molecular complexity index is 859. The van der Waals surface area contributed by atoms with E-state index < -0.39 is 0 Å². The summed E-state index contributed by atoms with van der Waals surface area (Å²) in [4.78, 5) is 15.4. The lowest BCUT2D eigenvalue weighted by Crippen LogP contribution is -2.18. The van der Waals surface area contributed by atoms with Gasteiger partial charge < -0.3 is 18.9 Å². The second kappa shape index (κ2) is 7.97. The van der Waals surface area contributed by atoms with Gasteiger partial charge in [0.1, 0.15) is 11.6 Å². The molecule has 0 bridgehead atoms. The van der Waals surface area contributed by atoms with Crippen molar-refractivity contribution < 1.29 is 9.47 Å². The highest BCUT2D eigenvalue weighted by molar-refractivity contribution is 5.72. The molecule has 0 unspecified atom stereocenters. The van der Waals surface area contributed by atoms with Gasteiger partial charge in [0.05, 0.1) is 32.2 Å². The van der Waals surface area contributed by atoms with E-state index >= 15 is 0 Å². The monoisotopic (exact) mass is 353 g/mol. The number of hydrogen-bond acceptors (Lipinski definition) is 6. The number of imidazole rings is 1. The molecule has 2 aromatic heterocycles. The number of nitrogens with zero attached hydrogens (tertiary/aromatic N) is 5. The molecule has 0 radical (unpaired) electrons. The molecular weight excluding hydrogens is 330 g/mol. The zero-order valence-electron chi connectivity index (χ0n) is 15.5. The lowest BCUT2D eigenvalue weighted by atomic mass is 10.1. The average molecular weight is 353 g/mol. The van der Waals surface area contributed by atoms with Crippen LogP contribution in [0.3, 0.4) is 0 Å². The Labute approximate surface area is 153 Å². The first-order chi connectivity index (χ1) is 12.6. The van der Waals surface area contributed by atoms with Gasteiger partial charge >= 0.3 is 0 Å². The van der Waals surface area contributed by atoms with E-state index in [9.17, 15) is 0 Å². The molecule has 7 heteroatoms. The van der Waals surface area contributed by atoms with Crippen molar-refractivity contribution in [3.63, 3.8) is 0 Å². The molecule has 136 valence electrons. The molecule has 7 nitrogen and oxygen atoms in total. The number of methoxy groups -OCH3 is 2. The first-order valence-electron chi connectivity index (χ1n) is 8.33. The van der Waals surface area contributed by atoms with Crippen molar-refractivity contribution in [1.29, 1.82) is 0 Å². The van der Waals surface area contributed by atoms with E-state index in [1.165, 1.54) is 0 Å². The molecule has 0 aliphatic carbocycles. The van der Waals surface area contributed by atoms with Crippen molar-refractivity contribution in [3.05, 3.63) is 43.0 Å². The lowest BCUT2D eigenvalue weighted by molar-refractivity contribution is 0.385. The molecule has 0 saturated carbocycles. The fraction of sp³-hybridized carbons (Fsp3) is 0.316. The van der Waals surface area contributed by atoms with Gasteiger partial charge in [-0.25, -0.2) is 15.0 Å². The number of rotatable bonds is 7. The van der Waals surface area contributed by atoms with Gasteiger partial charge in [0.2, 0.25) is 0 Å². The molecule has 1 aromatic carbocycles. The largest absolute Gasteiger partial charge is 0.496 e. The summed E-state index contributed by atoms with van der Waals surface area (Å²) < 4.78 is 12.8. The SMILES string of the molecule is COc1cnc(-c2cc(-c3nccn3CCN(C)C)ccc2OC)nc1. The van der Waals surface area contributed by atoms with Crippen molar-refractivity contribution >= 4 is 0 Å². The topological polar surface area (TPSA) is 65.3 Å². The fourth-order valence-corrected chi connectivity index (χ4v) is 2.64. The van der Waals surface area contributed by atoms with E-state index in [0.29, 0.717) is 17.3 Å². The molecule has 0 fully saturated rings. The number of ether oxygens (including phenoxy) is 2. The Hall–Kier alpha value is -2.93. The van der Waals surface area contributed by atoms with Crippen molar-refractivity contribution in [2.24, 2.45) is 0 Å². The van der Waals surface area contributed by atoms with Crippen LogP contribution in [0.2, 0.25) is 0 Å². The molecule has 0 aliphatic heterocycles. The van der Waals surface area contributed by atoms with Crippen LogP contribution < -0.4 is 9.47 Å². The number of aromatic nitrogens is 4. The summed E-state index contributed by atoms with van der Waals surface area (Å²) in [7, 11) is 7.35. The maximum absolute atomic E-state index is 5.49. The molecule has 2 heterocycles. The van der Waals surface area contributed by atoms with Crippen LogP contribution in [0.25, 0.3) is 22.8 Å². The summed E-state index contributed by atoms with van der Waals surface area (Å²) in [6.45, 7) is 1.80. The molecule has 26 heavy (non-hydrogen) atoms. The zero-order chi connectivity index (χ0) is 18.5. The molecule has 0 aliphatic rings. The molecule has 0 N–H and O–H groups in total. The Balaban J connectivity index is 1.99. The minimum atomic E-state index is 0.580. The molecule has 0 saturated heterocycles. The van der Waals surface area contributed by atoms with Gasteiger partial charge in [-0.3, -0.25) is 0 Å². The number of benzene rings is 1. The molecule has 0 amide bonds. The highest BCUT2D eigenvalue weighted by Crippen LogP contribution is 2.32. The molecule has 0 spiro atoms. The smallest absolute Gasteiger partial charge is 0.163 e. The van der Waals surface area contributed by atoms with Crippen LogP contribution in [0.1, 0.15) is 0 Å². The maximum atomic E-state index is 5.49. The van der Waals surface area contributed by atoms with Gasteiger partial charge in [0.25, 0.3) is 0 Å². The van der Waals surface area contributed by atoms with E-state index in [4.69, 9.17) is 9.47 Å². The second-order valence-electron chi connectivity index (χ2n) is 6.11. The van der Waals surface area contributed by atoms with Crippen LogP contribution in [-0.4, -0.2) is 59.3 Å². The van der Waals surface area contributed by atoms with Crippen LogP contribution in [-0.2, 0) is 6.54 Å². The van der Waals surface area contributed by atoms with Gasteiger partial charge in [-0.1, -0.05) is 0 Å². The van der Waals surface area contributed by atoms with Crippen molar-refractivity contribution in [3.8, 4) is 34.3 Å². The van der Waals surface area contributed by atoms with Crippen LogP contribution in [0.15, 0.2) is 43.0 Å². The Morgan fingerprint density at radius 1 is 1.04 bits per heavy atom. The molecule has 3 rings (SSSR count). The van der Waals surface area contributed by atoms with Gasteiger partial charge in [0.15, 0.2) is 11.6 Å². The number of hydrogen-bond donors (Lipinski definition) is 0. The quantitative estimate of drug-likeness (QED) is 0.650. The second-order valence-corrected chi connectivity index (χ2v) is 6.11. The summed E-state index contributed by atoms with van der Waals surface area (Å²) in [6, 6.07) is 5.93. The van der Waals surface area contributed by atoms with Crippen LogP contribution in [0, 0.1) is 0 Å². The zero-order valence-corrected chi connectivity index (χ0v) is 15.5. The van der Waals surface area contributed by atoms with Gasteiger partial charge in [0, 0.05) is 31.0 Å². The highest BCUT2D eigenvalue weighted by Gasteiger charge is 2.14. The maximum Gasteiger partial charge on any atom is 0.163 e. The van der Waals surface area contributed by atoms with E-state index in [2.05, 4.69) is 38.5 Å². The fourth-order valence-electron chi connectivity index (χ4n) is 2.64. The Kier molecular flexibility index (Phi) is 5.48. The Morgan fingerprint density at radius 3 is 2.46 bits per heavy atom. The first kappa shape index (κ1) is 17.9. The van der Waals surface area contributed by atoms with Crippen molar-refractivity contribution in [1.82, 2.24) is 24.4 Å². The minimum Gasteiger partial charge on any atom is -0.496 e. The van der Waals surface area contributed by atoms with E-state index in [1.54, 1.807) is 26.6 Å². The highest BCUT2D eigenvalue weighted by atomic mass is 16.5. The normalized spacial score (nSPS) is 11.0. The van der Waals surface area contributed by atoms with Crippen LogP contribution >= 0.6 is 0 Å². The van der Waals surface area contributed by atoms with Crippen molar-refractivity contribution in [2.75, 3.05) is 34.9 Å². The third-order valence-electron chi connectivity index (χ3n) is 4.07. The summed E-state index contributed by atoms with van der Waals surface area (Å²) in [5, 5.41) is 0. The first-order valence-corrected chi connectivity index (χ1v) is 8.33. The third kappa shape index (κ3) is 3.83.